The third kappa shape index (κ3) is 7.32. The first-order valence-electron chi connectivity index (χ1n) is 9.57. The van der Waals surface area contributed by atoms with Crippen molar-refractivity contribution in [2.24, 2.45) is 0 Å². The molecule has 0 fully saturated rings. The van der Waals surface area contributed by atoms with Gasteiger partial charge in [0.2, 0.25) is 11.8 Å². The minimum absolute atomic E-state index is 0.139. The molecule has 7 heteroatoms. The summed E-state index contributed by atoms with van der Waals surface area (Å²) in [6.07, 6.45) is 2.04. The zero-order chi connectivity index (χ0) is 21.4. The van der Waals surface area contributed by atoms with Crippen LogP contribution in [0.4, 0.5) is 0 Å². The molecule has 0 radical (unpaired) electrons. The fourth-order valence-electron chi connectivity index (χ4n) is 2.83. The Labute approximate surface area is 190 Å². The summed E-state index contributed by atoms with van der Waals surface area (Å²) in [4.78, 5) is 27.3. The van der Waals surface area contributed by atoms with E-state index >= 15 is 0 Å². The monoisotopic (exact) mass is 498 g/mol. The third-order valence-electron chi connectivity index (χ3n) is 4.60. The van der Waals surface area contributed by atoms with E-state index in [4.69, 9.17) is 23.2 Å². The molecule has 2 aromatic rings. The van der Waals surface area contributed by atoms with Crippen molar-refractivity contribution in [3.05, 3.63) is 68.1 Å². The van der Waals surface area contributed by atoms with Crippen molar-refractivity contribution in [2.45, 2.75) is 45.7 Å². The van der Waals surface area contributed by atoms with E-state index in [0.29, 0.717) is 23.1 Å². The highest BCUT2D eigenvalue weighted by molar-refractivity contribution is 9.10. The Morgan fingerprint density at radius 3 is 2.34 bits per heavy atom. The summed E-state index contributed by atoms with van der Waals surface area (Å²) in [5.74, 6) is -0.303. The van der Waals surface area contributed by atoms with Gasteiger partial charge in [0.15, 0.2) is 0 Å². The molecule has 0 aromatic heterocycles. The third-order valence-corrected chi connectivity index (χ3v) is 5.87. The Kier molecular flexibility index (Phi) is 9.47. The van der Waals surface area contributed by atoms with Crippen LogP contribution in [0.25, 0.3) is 0 Å². The standard InChI is InChI=1S/C22H25BrCl2N2O2/c1-3-4-11-26-22(29)15(2)27(14-16-5-8-18(23)9-6-16)21(28)13-17-7-10-19(24)20(25)12-17/h5-10,12,15H,3-4,11,13-14H2,1-2H3,(H,26,29)/t15-/m0/s1. The van der Waals surface area contributed by atoms with E-state index in [-0.39, 0.29) is 18.2 Å². The molecule has 1 atom stereocenters. The highest BCUT2D eigenvalue weighted by Crippen LogP contribution is 2.23. The summed E-state index contributed by atoms with van der Waals surface area (Å²) in [5.41, 5.74) is 1.70. The maximum Gasteiger partial charge on any atom is 0.242 e. The van der Waals surface area contributed by atoms with Gasteiger partial charge in [0.25, 0.3) is 0 Å². The van der Waals surface area contributed by atoms with Crippen LogP contribution in [0.1, 0.15) is 37.8 Å². The maximum absolute atomic E-state index is 13.1. The lowest BCUT2D eigenvalue weighted by molar-refractivity contribution is -0.140. The fraction of sp³-hybridized carbons (Fsp3) is 0.364. The number of hydrogen-bond donors (Lipinski definition) is 1. The van der Waals surface area contributed by atoms with Crippen LogP contribution < -0.4 is 5.32 Å². The molecule has 0 unspecified atom stereocenters. The van der Waals surface area contributed by atoms with Crippen molar-refractivity contribution in [2.75, 3.05) is 6.54 Å². The second-order valence-electron chi connectivity index (χ2n) is 6.89. The average Bonchev–Trinajstić information content (AvgIpc) is 2.69. The second kappa shape index (κ2) is 11.6. The molecule has 2 aromatic carbocycles. The van der Waals surface area contributed by atoms with Crippen molar-refractivity contribution in [1.82, 2.24) is 10.2 Å². The van der Waals surface area contributed by atoms with Gasteiger partial charge in [-0.25, -0.2) is 0 Å². The molecular weight excluding hydrogens is 475 g/mol. The molecule has 2 rings (SSSR count). The Bertz CT molecular complexity index is 843. The van der Waals surface area contributed by atoms with Crippen molar-refractivity contribution >= 4 is 50.9 Å². The zero-order valence-electron chi connectivity index (χ0n) is 16.6. The molecule has 0 aliphatic heterocycles. The molecule has 29 heavy (non-hydrogen) atoms. The minimum Gasteiger partial charge on any atom is -0.354 e. The normalized spacial score (nSPS) is 11.8. The van der Waals surface area contributed by atoms with Gasteiger partial charge < -0.3 is 10.2 Å². The first-order valence-corrected chi connectivity index (χ1v) is 11.1. The molecule has 0 heterocycles. The van der Waals surface area contributed by atoms with Gasteiger partial charge in [-0.3, -0.25) is 9.59 Å². The highest BCUT2D eigenvalue weighted by Gasteiger charge is 2.26. The van der Waals surface area contributed by atoms with Gasteiger partial charge in [-0.1, -0.05) is 70.7 Å². The Morgan fingerprint density at radius 1 is 1.07 bits per heavy atom. The van der Waals surface area contributed by atoms with Crippen LogP contribution in [0.15, 0.2) is 46.9 Å². The van der Waals surface area contributed by atoms with Crippen molar-refractivity contribution in [3.8, 4) is 0 Å². The molecule has 0 aliphatic carbocycles. The summed E-state index contributed by atoms with van der Waals surface area (Å²) in [6.45, 7) is 4.77. The van der Waals surface area contributed by atoms with Gasteiger partial charge in [-0.2, -0.15) is 0 Å². The number of nitrogens with zero attached hydrogens (tertiary/aromatic N) is 1. The summed E-state index contributed by atoms with van der Waals surface area (Å²) >= 11 is 15.5. The molecule has 156 valence electrons. The van der Waals surface area contributed by atoms with Crippen LogP contribution in [-0.4, -0.2) is 29.3 Å². The van der Waals surface area contributed by atoms with E-state index in [0.717, 1.165) is 28.4 Å². The van der Waals surface area contributed by atoms with Crippen LogP contribution in [0.2, 0.25) is 10.0 Å². The van der Waals surface area contributed by atoms with E-state index in [1.54, 1.807) is 30.0 Å². The average molecular weight is 500 g/mol. The number of benzene rings is 2. The van der Waals surface area contributed by atoms with Crippen molar-refractivity contribution in [3.63, 3.8) is 0 Å². The summed E-state index contributed by atoms with van der Waals surface area (Å²) < 4.78 is 0.959. The number of unbranched alkanes of at least 4 members (excludes halogenated alkanes) is 1. The Balaban J connectivity index is 2.19. The molecule has 0 saturated carbocycles. The highest BCUT2D eigenvalue weighted by atomic mass is 79.9. The van der Waals surface area contributed by atoms with Crippen molar-refractivity contribution < 1.29 is 9.59 Å². The predicted octanol–water partition coefficient (Wildman–Crippen LogP) is 5.63. The van der Waals surface area contributed by atoms with Gasteiger partial charge in [0, 0.05) is 17.6 Å². The molecule has 0 saturated heterocycles. The molecule has 0 spiro atoms. The minimum atomic E-state index is -0.592. The number of nitrogens with one attached hydrogen (secondary N) is 1. The smallest absolute Gasteiger partial charge is 0.242 e. The summed E-state index contributed by atoms with van der Waals surface area (Å²) in [5, 5.41) is 3.76. The van der Waals surface area contributed by atoms with Crippen LogP contribution >= 0.6 is 39.1 Å². The molecule has 2 amide bonds. The first-order chi connectivity index (χ1) is 13.8. The SMILES string of the molecule is CCCCNC(=O)[C@H](C)N(Cc1ccc(Br)cc1)C(=O)Cc1ccc(Cl)c(Cl)c1. The van der Waals surface area contributed by atoms with Gasteiger partial charge in [0.05, 0.1) is 16.5 Å². The van der Waals surface area contributed by atoms with Crippen molar-refractivity contribution in [1.29, 1.82) is 0 Å². The van der Waals surface area contributed by atoms with Gasteiger partial charge in [-0.15, -0.1) is 0 Å². The molecular formula is C22H25BrCl2N2O2. The first kappa shape index (κ1) is 23.7. The summed E-state index contributed by atoms with van der Waals surface area (Å²) in [7, 11) is 0. The summed E-state index contributed by atoms with van der Waals surface area (Å²) in [6, 6.07) is 12.3. The van der Waals surface area contributed by atoms with Gasteiger partial charge in [0.1, 0.15) is 6.04 Å². The predicted molar refractivity (Wildman–Crippen MR) is 122 cm³/mol. The number of amides is 2. The van der Waals surface area contributed by atoms with E-state index < -0.39 is 6.04 Å². The van der Waals surface area contributed by atoms with Gasteiger partial charge >= 0.3 is 0 Å². The lowest BCUT2D eigenvalue weighted by Gasteiger charge is -2.29. The number of halogens is 3. The zero-order valence-corrected chi connectivity index (χ0v) is 19.6. The van der Waals surface area contributed by atoms with E-state index in [1.807, 2.05) is 24.3 Å². The van der Waals surface area contributed by atoms with Crippen LogP contribution in [0.5, 0.6) is 0 Å². The lowest BCUT2D eigenvalue weighted by Crippen LogP contribution is -2.48. The van der Waals surface area contributed by atoms with Crippen LogP contribution in [0.3, 0.4) is 0 Å². The Hall–Kier alpha value is -1.56. The molecule has 4 nitrogen and oxygen atoms in total. The second-order valence-corrected chi connectivity index (χ2v) is 8.62. The van der Waals surface area contributed by atoms with Crippen LogP contribution in [-0.2, 0) is 22.6 Å². The largest absolute Gasteiger partial charge is 0.354 e. The number of carbonyl (C=O) groups excluding carboxylic acids is 2. The molecule has 1 N–H and O–H groups in total. The molecule has 0 bridgehead atoms. The number of hydrogen-bond acceptors (Lipinski definition) is 2. The quantitative estimate of drug-likeness (QED) is 0.454. The Morgan fingerprint density at radius 2 is 1.72 bits per heavy atom. The lowest BCUT2D eigenvalue weighted by atomic mass is 10.1. The topological polar surface area (TPSA) is 49.4 Å². The van der Waals surface area contributed by atoms with E-state index in [2.05, 4.69) is 28.2 Å². The fourth-order valence-corrected chi connectivity index (χ4v) is 3.42. The number of carbonyl (C=O) groups is 2. The number of rotatable bonds is 9. The maximum atomic E-state index is 13.1. The molecule has 0 aliphatic rings. The van der Waals surface area contributed by atoms with E-state index in [9.17, 15) is 9.59 Å². The van der Waals surface area contributed by atoms with E-state index in [1.165, 1.54) is 0 Å². The van der Waals surface area contributed by atoms with Crippen LogP contribution in [0, 0.1) is 0 Å². The van der Waals surface area contributed by atoms with Gasteiger partial charge in [-0.05, 0) is 48.7 Å².